The van der Waals surface area contributed by atoms with Crippen LogP contribution in [0.3, 0.4) is 0 Å². The van der Waals surface area contributed by atoms with Gasteiger partial charge >= 0.3 is 0 Å². The predicted molar refractivity (Wildman–Crippen MR) is 92.6 cm³/mol. The van der Waals surface area contributed by atoms with Gasteiger partial charge in [-0.3, -0.25) is 4.40 Å². The number of nitrogens with zero attached hydrogens (tertiary/aromatic N) is 3. The summed E-state index contributed by atoms with van der Waals surface area (Å²) in [5.41, 5.74) is 2.41. The molecule has 0 amide bonds. The first kappa shape index (κ1) is 17.4. The highest BCUT2D eigenvalue weighted by atomic mass is 79.9. The SMILES string of the molecule is Brc1cnc2ncc(Cc3ccccc3)n2c1.CC.CC. The lowest BCUT2D eigenvalue weighted by molar-refractivity contribution is 0.996. The van der Waals surface area contributed by atoms with Crippen LogP contribution in [0.15, 0.2) is 53.4 Å². The quantitative estimate of drug-likeness (QED) is 0.642. The van der Waals surface area contributed by atoms with E-state index in [0.717, 1.165) is 22.4 Å². The maximum atomic E-state index is 4.29. The van der Waals surface area contributed by atoms with Gasteiger partial charge in [0.1, 0.15) is 0 Å². The van der Waals surface area contributed by atoms with E-state index in [0.29, 0.717) is 0 Å². The molecule has 0 N–H and O–H groups in total. The van der Waals surface area contributed by atoms with Crippen LogP contribution in [-0.2, 0) is 6.42 Å². The molecule has 0 aliphatic heterocycles. The van der Waals surface area contributed by atoms with E-state index in [1.165, 1.54) is 5.56 Å². The first-order valence-electron chi connectivity index (χ1n) is 7.34. The molecule has 112 valence electrons. The summed E-state index contributed by atoms with van der Waals surface area (Å²) in [6, 6.07) is 10.4. The van der Waals surface area contributed by atoms with E-state index in [-0.39, 0.29) is 0 Å². The molecule has 3 rings (SSSR count). The Kier molecular flexibility index (Phi) is 7.69. The molecule has 21 heavy (non-hydrogen) atoms. The summed E-state index contributed by atoms with van der Waals surface area (Å²) in [6.07, 6.45) is 6.49. The second-order valence-corrected chi connectivity index (χ2v) is 4.77. The Balaban J connectivity index is 0.000000510. The molecule has 0 aliphatic rings. The van der Waals surface area contributed by atoms with E-state index in [2.05, 4.69) is 38.0 Å². The van der Waals surface area contributed by atoms with E-state index in [1.807, 2.05) is 62.7 Å². The van der Waals surface area contributed by atoms with E-state index in [9.17, 15) is 0 Å². The molecule has 0 fully saturated rings. The molecule has 0 saturated carbocycles. The second kappa shape index (κ2) is 9.29. The molecule has 0 unspecified atom stereocenters. The molecular weight excluding hydrogens is 326 g/mol. The van der Waals surface area contributed by atoms with Crippen molar-refractivity contribution in [2.75, 3.05) is 0 Å². The number of aromatic nitrogens is 3. The van der Waals surface area contributed by atoms with Gasteiger partial charge in [-0.05, 0) is 21.5 Å². The van der Waals surface area contributed by atoms with Crippen LogP contribution in [-0.4, -0.2) is 14.4 Å². The normalized spacial score (nSPS) is 9.38. The van der Waals surface area contributed by atoms with Crippen molar-refractivity contribution in [2.45, 2.75) is 34.1 Å². The van der Waals surface area contributed by atoms with Gasteiger partial charge in [-0.1, -0.05) is 58.0 Å². The Morgan fingerprint density at radius 2 is 1.57 bits per heavy atom. The summed E-state index contributed by atoms with van der Waals surface area (Å²) in [5, 5.41) is 0. The third-order valence-corrected chi connectivity index (χ3v) is 3.05. The third kappa shape index (κ3) is 4.67. The fourth-order valence-corrected chi connectivity index (χ4v) is 2.14. The molecular formula is C17H22BrN3. The van der Waals surface area contributed by atoms with Crippen LogP contribution in [0, 0.1) is 0 Å². The van der Waals surface area contributed by atoms with Crippen molar-refractivity contribution < 1.29 is 0 Å². The minimum absolute atomic E-state index is 0.735. The average Bonchev–Trinajstić information content (AvgIpc) is 2.94. The smallest absolute Gasteiger partial charge is 0.233 e. The van der Waals surface area contributed by atoms with Gasteiger partial charge in [0.2, 0.25) is 5.78 Å². The van der Waals surface area contributed by atoms with Crippen molar-refractivity contribution in [1.82, 2.24) is 14.4 Å². The molecule has 0 radical (unpaired) electrons. The molecule has 2 aromatic heterocycles. The highest BCUT2D eigenvalue weighted by Gasteiger charge is 2.05. The van der Waals surface area contributed by atoms with Crippen molar-refractivity contribution in [3.8, 4) is 0 Å². The maximum absolute atomic E-state index is 4.29. The van der Waals surface area contributed by atoms with Crippen molar-refractivity contribution >= 4 is 21.7 Å². The van der Waals surface area contributed by atoms with Gasteiger partial charge in [-0.25, -0.2) is 9.97 Å². The summed E-state index contributed by atoms with van der Waals surface area (Å²) in [7, 11) is 0. The van der Waals surface area contributed by atoms with Gasteiger partial charge in [0.15, 0.2) is 0 Å². The summed E-state index contributed by atoms with van der Waals surface area (Å²) >= 11 is 3.43. The molecule has 4 heteroatoms. The van der Waals surface area contributed by atoms with Crippen LogP contribution in [0.25, 0.3) is 5.78 Å². The maximum Gasteiger partial charge on any atom is 0.233 e. The zero-order chi connectivity index (χ0) is 15.7. The predicted octanol–water partition coefficient (Wildman–Crippen LogP) is 5.14. The van der Waals surface area contributed by atoms with E-state index >= 15 is 0 Å². The number of fused-ring (bicyclic) bond motifs is 1. The van der Waals surface area contributed by atoms with Crippen LogP contribution < -0.4 is 0 Å². The first-order chi connectivity index (χ1) is 10.3. The van der Waals surface area contributed by atoms with E-state index in [1.54, 1.807) is 6.20 Å². The number of benzene rings is 1. The Morgan fingerprint density at radius 1 is 0.952 bits per heavy atom. The largest absolute Gasteiger partial charge is 0.287 e. The Bertz CT molecular complexity index is 647. The molecule has 3 aromatic rings. The van der Waals surface area contributed by atoms with Crippen molar-refractivity contribution in [3.05, 3.63) is 64.7 Å². The Morgan fingerprint density at radius 3 is 2.24 bits per heavy atom. The van der Waals surface area contributed by atoms with Crippen LogP contribution in [0.1, 0.15) is 39.0 Å². The van der Waals surface area contributed by atoms with Gasteiger partial charge in [0, 0.05) is 24.5 Å². The monoisotopic (exact) mass is 347 g/mol. The molecule has 1 aromatic carbocycles. The highest BCUT2D eigenvalue weighted by Crippen LogP contribution is 2.14. The van der Waals surface area contributed by atoms with Crippen molar-refractivity contribution in [2.24, 2.45) is 0 Å². The zero-order valence-corrected chi connectivity index (χ0v) is 14.6. The number of imidazole rings is 1. The van der Waals surface area contributed by atoms with Gasteiger partial charge < -0.3 is 0 Å². The number of hydrogen-bond acceptors (Lipinski definition) is 2. The minimum atomic E-state index is 0.735. The lowest BCUT2D eigenvalue weighted by Crippen LogP contribution is -1.95. The van der Waals surface area contributed by atoms with Crippen LogP contribution in [0.5, 0.6) is 0 Å². The fraction of sp³-hybridized carbons (Fsp3) is 0.294. The van der Waals surface area contributed by atoms with Gasteiger partial charge in [0.25, 0.3) is 0 Å². The molecule has 2 heterocycles. The van der Waals surface area contributed by atoms with Gasteiger partial charge in [0.05, 0.1) is 10.7 Å². The van der Waals surface area contributed by atoms with Crippen molar-refractivity contribution in [1.29, 1.82) is 0 Å². The zero-order valence-electron chi connectivity index (χ0n) is 13.0. The molecule has 0 saturated heterocycles. The summed E-state index contributed by atoms with van der Waals surface area (Å²) in [4.78, 5) is 8.53. The summed E-state index contributed by atoms with van der Waals surface area (Å²) in [6.45, 7) is 8.00. The third-order valence-electron chi connectivity index (χ3n) is 2.64. The number of hydrogen-bond donors (Lipinski definition) is 0. The highest BCUT2D eigenvalue weighted by molar-refractivity contribution is 9.10. The van der Waals surface area contributed by atoms with Crippen LogP contribution >= 0.6 is 15.9 Å². The van der Waals surface area contributed by atoms with Crippen LogP contribution in [0.2, 0.25) is 0 Å². The lowest BCUT2D eigenvalue weighted by Gasteiger charge is -2.01. The second-order valence-electron chi connectivity index (χ2n) is 3.85. The minimum Gasteiger partial charge on any atom is -0.287 e. The summed E-state index contributed by atoms with van der Waals surface area (Å²) < 4.78 is 2.97. The number of halogens is 1. The summed E-state index contributed by atoms with van der Waals surface area (Å²) in [5.74, 6) is 0.735. The average molecular weight is 348 g/mol. The molecule has 0 aliphatic carbocycles. The first-order valence-corrected chi connectivity index (χ1v) is 8.13. The van der Waals surface area contributed by atoms with E-state index < -0.39 is 0 Å². The molecule has 0 bridgehead atoms. The molecule has 3 nitrogen and oxygen atoms in total. The Labute approximate surface area is 135 Å². The topological polar surface area (TPSA) is 30.2 Å². The number of rotatable bonds is 2. The van der Waals surface area contributed by atoms with Crippen LogP contribution in [0.4, 0.5) is 0 Å². The van der Waals surface area contributed by atoms with Gasteiger partial charge in [-0.15, -0.1) is 0 Å². The lowest BCUT2D eigenvalue weighted by atomic mass is 10.1. The molecule has 0 atom stereocenters. The van der Waals surface area contributed by atoms with E-state index in [4.69, 9.17) is 0 Å². The Hall–Kier alpha value is -1.68. The standard InChI is InChI=1S/C13H10BrN3.2C2H6/c14-11-7-15-13-16-8-12(17(13)9-11)6-10-4-2-1-3-5-10;2*1-2/h1-5,7-9H,6H2;2*1-2H3. The molecule has 0 spiro atoms. The van der Waals surface area contributed by atoms with Gasteiger partial charge in [-0.2, -0.15) is 0 Å². The fourth-order valence-electron chi connectivity index (χ4n) is 1.83. The van der Waals surface area contributed by atoms with Crippen molar-refractivity contribution in [3.63, 3.8) is 0 Å².